The highest BCUT2D eigenvalue weighted by molar-refractivity contribution is 4.77. The van der Waals surface area contributed by atoms with Gasteiger partial charge in [0.25, 0.3) is 0 Å². The van der Waals surface area contributed by atoms with Crippen molar-refractivity contribution in [2.75, 3.05) is 13.7 Å². The van der Waals surface area contributed by atoms with Crippen molar-refractivity contribution in [3.05, 3.63) is 0 Å². The standard InChI is InChI=1S/C14H29NO2/c1-14(2,16-3)10-11-17-13-9-7-5-4-6-8-12(13)15/h12-13H,4-11,15H2,1-3H3. The van der Waals surface area contributed by atoms with Crippen molar-refractivity contribution in [2.45, 2.75) is 76.5 Å². The summed E-state index contributed by atoms with van der Waals surface area (Å²) in [6.45, 7) is 4.93. The Kier molecular flexibility index (Phi) is 6.45. The van der Waals surface area contributed by atoms with E-state index < -0.39 is 0 Å². The first-order valence-electron chi connectivity index (χ1n) is 6.97. The van der Waals surface area contributed by atoms with Crippen LogP contribution in [0.25, 0.3) is 0 Å². The molecule has 0 aromatic rings. The fourth-order valence-corrected chi connectivity index (χ4v) is 2.24. The van der Waals surface area contributed by atoms with Crippen LogP contribution in [-0.4, -0.2) is 31.5 Å². The number of hydrogen-bond donors (Lipinski definition) is 1. The molecule has 2 unspecified atom stereocenters. The molecule has 1 rings (SSSR count). The van der Waals surface area contributed by atoms with Gasteiger partial charge < -0.3 is 15.2 Å². The van der Waals surface area contributed by atoms with Gasteiger partial charge >= 0.3 is 0 Å². The van der Waals surface area contributed by atoms with Crippen LogP contribution in [0, 0.1) is 0 Å². The van der Waals surface area contributed by atoms with Gasteiger partial charge in [-0.2, -0.15) is 0 Å². The third kappa shape index (κ3) is 5.84. The van der Waals surface area contributed by atoms with E-state index in [2.05, 4.69) is 13.8 Å². The van der Waals surface area contributed by atoms with Crippen LogP contribution in [0.3, 0.4) is 0 Å². The highest BCUT2D eigenvalue weighted by atomic mass is 16.5. The van der Waals surface area contributed by atoms with Crippen molar-refractivity contribution < 1.29 is 9.47 Å². The summed E-state index contributed by atoms with van der Waals surface area (Å²) in [4.78, 5) is 0. The Balaban J connectivity index is 2.27. The van der Waals surface area contributed by atoms with Crippen LogP contribution in [0.2, 0.25) is 0 Å². The summed E-state index contributed by atoms with van der Waals surface area (Å²) in [7, 11) is 1.75. The average molecular weight is 243 g/mol. The van der Waals surface area contributed by atoms with Crippen molar-refractivity contribution in [1.82, 2.24) is 0 Å². The normalized spacial score (nSPS) is 27.5. The van der Waals surface area contributed by atoms with E-state index in [1.165, 1.54) is 25.7 Å². The summed E-state index contributed by atoms with van der Waals surface area (Å²) in [5, 5.41) is 0. The van der Waals surface area contributed by atoms with Gasteiger partial charge in [-0.15, -0.1) is 0 Å². The molecule has 0 aromatic carbocycles. The van der Waals surface area contributed by atoms with Crippen LogP contribution in [-0.2, 0) is 9.47 Å². The van der Waals surface area contributed by atoms with Gasteiger partial charge in [-0.05, 0) is 33.1 Å². The summed E-state index contributed by atoms with van der Waals surface area (Å²) >= 11 is 0. The van der Waals surface area contributed by atoms with E-state index in [1.54, 1.807) is 7.11 Å². The van der Waals surface area contributed by atoms with Crippen molar-refractivity contribution in [1.29, 1.82) is 0 Å². The van der Waals surface area contributed by atoms with Gasteiger partial charge in [0.05, 0.1) is 11.7 Å². The molecular formula is C14H29NO2. The molecule has 0 saturated heterocycles. The Bertz CT molecular complexity index is 206. The quantitative estimate of drug-likeness (QED) is 0.807. The Hall–Kier alpha value is -0.120. The van der Waals surface area contributed by atoms with Gasteiger partial charge in [0, 0.05) is 19.8 Å². The smallest absolute Gasteiger partial charge is 0.0725 e. The maximum Gasteiger partial charge on any atom is 0.0725 e. The van der Waals surface area contributed by atoms with Gasteiger partial charge in [-0.3, -0.25) is 0 Å². The predicted molar refractivity (Wildman–Crippen MR) is 71.1 cm³/mol. The zero-order valence-electron chi connectivity index (χ0n) is 11.7. The van der Waals surface area contributed by atoms with E-state index in [4.69, 9.17) is 15.2 Å². The third-order valence-corrected chi connectivity index (χ3v) is 3.84. The molecule has 0 spiro atoms. The third-order valence-electron chi connectivity index (χ3n) is 3.84. The molecule has 1 aliphatic rings. The molecule has 2 atom stereocenters. The Labute approximate surface area is 106 Å². The largest absolute Gasteiger partial charge is 0.379 e. The zero-order valence-corrected chi connectivity index (χ0v) is 11.7. The fourth-order valence-electron chi connectivity index (χ4n) is 2.24. The lowest BCUT2D eigenvalue weighted by Crippen LogP contribution is -2.38. The molecule has 0 aromatic heterocycles. The summed E-state index contributed by atoms with van der Waals surface area (Å²) < 4.78 is 11.4. The second-order valence-electron chi connectivity index (χ2n) is 5.78. The van der Waals surface area contributed by atoms with E-state index in [1.807, 2.05) is 0 Å². The molecule has 0 aliphatic heterocycles. The summed E-state index contributed by atoms with van der Waals surface area (Å²) in [5.41, 5.74) is 6.08. The molecule has 102 valence electrons. The van der Waals surface area contributed by atoms with Crippen LogP contribution in [0.1, 0.15) is 58.8 Å². The zero-order chi connectivity index (χ0) is 12.7. The molecule has 0 amide bonds. The number of ether oxygens (including phenoxy) is 2. The van der Waals surface area contributed by atoms with E-state index in [-0.39, 0.29) is 17.7 Å². The predicted octanol–water partition coefficient (Wildman–Crippen LogP) is 2.87. The lowest BCUT2D eigenvalue weighted by molar-refractivity contribution is -0.0360. The molecule has 2 N–H and O–H groups in total. The minimum Gasteiger partial charge on any atom is -0.379 e. The van der Waals surface area contributed by atoms with E-state index in [0.717, 1.165) is 25.9 Å². The molecule has 1 saturated carbocycles. The van der Waals surface area contributed by atoms with E-state index >= 15 is 0 Å². The lowest BCUT2D eigenvalue weighted by Gasteiger charge is -2.28. The van der Waals surface area contributed by atoms with Crippen LogP contribution in [0.15, 0.2) is 0 Å². The van der Waals surface area contributed by atoms with Gasteiger partial charge in [-0.25, -0.2) is 0 Å². The number of rotatable bonds is 5. The highest BCUT2D eigenvalue weighted by Crippen LogP contribution is 2.20. The Morgan fingerprint density at radius 2 is 1.76 bits per heavy atom. The van der Waals surface area contributed by atoms with Crippen molar-refractivity contribution >= 4 is 0 Å². The molecular weight excluding hydrogens is 214 g/mol. The molecule has 0 heterocycles. The van der Waals surface area contributed by atoms with Gasteiger partial charge in [0.15, 0.2) is 0 Å². The Morgan fingerprint density at radius 3 is 2.41 bits per heavy atom. The first kappa shape index (κ1) is 14.9. The maximum atomic E-state index is 6.17. The minimum absolute atomic E-state index is 0.0916. The number of methoxy groups -OCH3 is 1. The van der Waals surface area contributed by atoms with Crippen molar-refractivity contribution in [3.63, 3.8) is 0 Å². The average Bonchev–Trinajstić information content (AvgIpc) is 2.28. The van der Waals surface area contributed by atoms with Gasteiger partial charge in [0.1, 0.15) is 0 Å². The summed E-state index contributed by atoms with van der Waals surface area (Å²) in [5.74, 6) is 0. The molecule has 3 heteroatoms. The monoisotopic (exact) mass is 243 g/mol. The topological polar surface area (TPSA) is 44.5 Å². The molecule has 0 radical (unpaired) electrons. The second kappa shape index (κ2) is 7.34. The van der Waals surface area contributed by atoms with Crippen LogP contribution < -0.4 is 5.73 Å². The molecule has 1 aliphatic carbocycles. The fraction of sp³-hybridized carbons (Fsp3) is 1.00. The van der Waals surface area contributed by atoms with E-state index in [0.29, 0.717) is 0 Å². The van der Waals surface area contributed by atoms with Gasteiger partial charge in [0.2, 0.25) is 0 Å². The molecule has 0 bridgehead atoms. The van der Waals surface area contributed by atoms with Crippen LogP contribution in [0.5, 0.6) is 0 Å². The molecule has 17 heavy (non-hydrogen) atoms. The highest BCUT2D eigenvalue weighted by Gasteiger charge is 2.22. The SMILES string of the molecule is COC(C)(C)CCOC1CCCCCCC1N. The van der Waals surface area contributed by atoms with Crippen LogP contribution in [0.4, 0.5) is 0 Å². The van der Waals surface area contributed by atoms with Crippen molar-refractivity contribution in [3.8, 4) is 0 Å². The van der Waals surface area contributed by atoms with E-state index in [9.17, 15) is 0 Å². The number of hydrogen-bond acceptors (Lipinski definition) is 3. The summed E-state index contributed by atoms with van der Waals surface area (Å²) in [6, 6.07) is 0.223. The first-order valence-corrected chi connectivity index (χ1v) is 6.97. The second-order valence-corrected chi connectivity index (χ2v) is 5.78. The summed E-state index contributed by atoms with van der Waals surface area (Å²) in [6.07, 6.45) is 8.58. The minimum atomic E-state index is -0.0916. The lowest BCUT2D eigenvalue weighted by atomic mass is 9.94. The maximum absolute atomic E-state index is 6.17. The number of nitrogens with two attached hydrogens (primary N) is 1. The first-order chi connectivity index (χ1) is 8.05. The Morgan fingerprint density at radius 1 is 1.12 bits per heavy atom. The van der Waals surface area contributed by atoms with Crippen molar-refractivity contribution in [2.24, 2.45) is 5.73 Å². The molecule has 1 fully saturated rings. The van der Waals surface area contributed by atoms with Crippen LogP contribution >= 0.6 is 0 Å². The van der Waals surface area contributed by atoms with Gasteiger partial charge in [-0.1, -0.05) is 25.7 Å². The molecule has 3 nitrogen and oxygen atoms in total.